The highest BCUT2D eigenvalue weighted by molar-refractivity contribution is 6.31. The van der Waals surface area contributed by atoms with E-state index < -0.39 is 0 Å². The Morgan fingerprint density at radius 2 is 1.94 bits per heavy atom. The van der Waals surface area contributed by atoms with Gasteiger partial charge in [0.2, 0.25) is 5.88 Å². The minimum atomic E-state index is 0.0336. The van der Waals surface area contributed by atoms with Crippen molar-refractivity contribution < 1.29 is 4.74 Å². The van der Waals surface area contributed by atoms with Gasteiger partial charge >= 0.3 is 0 Å². The third-order valence-corrected chi connectivity index (χ3v) is 6.80. The summed E-state index contributed by atoms with van der Waals surface area (Å²) < 4.78 is 9.46. The molecule has 0 aliphatic carbocycles. The molecule has 0 amide bonds. The van der Waals surface area contributed by atoms with Crippen LogP contribution in [0.25, 0.3) is 28.5 Å². The molecule has 36 heavy (non-hydrogen) atoms. The fourth-order valence-electron chi connectivity index (χ4n) is 4.71. The lowest BCUT2D eigenvalue weighted by molar-refractivity contribution is 0.396. The summed E-state index contributed by atoms with van der Waals surface area (Å²) in [5, 5.41) is 5.52. The van der Waals surface area contributed by atoms with Crippen LogP contribution in [0.1, 0.15) is 35.8 Å². The number of rotatable bonds is 5. The van der Waals surface area contributed by atoms with E-state index in [0.717, 1.165) is 58.4 Å². The third kappa shape index (κ3) is 4.03. The van der Waals surface area contributed by atoms with E-state index in [1.54, 1.807) is 19.6 Å². The van der Waals surface area contributed by atoms with E-state index in [4.69, 9.17) is 31.4 Å². The smallest absolute Gasteiger partial charge is 0.238 e. The van der Waals surface area contributed by atoms with Crippen LogP contribution in [0.5, 0.6) is 5.88 Å². The highest BCUT2D eigenvalue weighted by atomic mass is 35.5. The largest absolute Gasteiger partial charge is 0.479 e. The van der Waals surface area contributed by atoms with Crippen molar-refractivity contribution in [2.24, 2.45) is 0 Å². The van der Waals surface area contributed by atoms with Crippen molar-refractivity contribution in [3.05, 3.63) is 89.4 Å². The monoisotopic (exact) mass is 497 g/mol. The maximum Gasteiger partial charge on any atom is 0.238 e. The van der Waals surface area contributed by atoms with E-state index >= 15 is 0 Å². The molecule has 0 N–H and O–H groups in total. The Morgan fingerprint density at radius 1 is 1.03 bits per heavy atom. The topological polar surface area (TPSA) is 83.5 Å². The van der Waals surface area contributed by atoms with Crippen LogP contribution in [0.4, 0.5) is 0 Å². The summed E-state index contributed by atoms with van der Waals surface area (Å²) in [7, 11) is 1.61. The highest BCUT2D eigenvalue weighted by Crippen LogP contribution is 2.38. The van der Waals surface area contributed by atoms with Crippen molar-refractivity contribution in [3.8, 4) is 34.3 Å². The number of nitrogens with zero attached hydrogens (tertiary/aromatic N) is 7. The number of pyridine rings is 2. The molecule has 0 radical (unpaired) electrons. The number of aryl methyl sites for hydroxylation is 2. The first-order valence-corrected chi connectivity index (χ1v) is 12.2. The van der Waals surface area contributed by atoms with Crippen LogP contribution in [0, 0.1) is 6.92 Å². The van der Waals surface area contributed by atoms with Gasteiger partial charge in [0.05, 0.1) is 24.8 Å². The van der Waals surface area contributed by atoms with Gasteiger partial charge < -0.3 is 9.30 Å². The molecule has 1 aliphatic heterocycles. The Balaban J connectivity index is 1.38. The lowest BCUT2D eigenvalue weighted by atomic mass is 9.89. The summed E-state index contributed by atoms with van der Waals surface area (Å²) in [4.78, 5) is 18.5. The number of benzene rings is 1. The zero-order valence-corrected chi connectivity index (χ0v) is 20.7. The summed E-state index contributed by atoms with van der Waals surface area (Å²) in [5.41, 5.74) is 5.36. The van der Waals surface area contributed by atoms with E-state index in [2.05, 4.69) is 16.0 Å². The second kappa shape index (κ2) is 9.20. The predicted molar refractivity (Wildman–Crippen MR) is 137 cm³/mol. The molecule has 6 rings (SSSR count). The number of hydrogen-bond donors (Lipinski definition) is 0. The van der Waals surface area contributed by atoms with E-state index in [1.807, 2.05) is 64.8 Å². The molecule has 5 heterocycles. The van der Waals surface area contributed by atoms with Gasteiger partial charge in [-0.3, -0.25) is 4.98 Å². The van der Waals surface area contributed by atoms with Gasteiger partial charge in [0, 0.05) is 35.4 Å². The molecule has 0 unspecified atom stereocenters. The molecule has 0 bridgehead atoms. The van der Waals surface area contributed by atoms with E-state index in [0.29, 0.717) is 17.4 Å². The normalized spacial score (nSPS) is 15.0. The van der Waals surface area contributed by atoms with Crippen LogP contribution in [0.2, 0.25) is 5.02 Å². The summed E-state index contributed by atoms with van der Waals surface area (Å²) in [6.45, 7) is 2.75. The lowest BCUT2D eigenvalue weighted by Gasteiger charge is -2.23. The second-order valence-corrected chi connectivity index (χ2v) is 9.22. The van der Waals surface area contributed by atoms with Crippen LogP contribution < -0.4 is 4.74 Å². The highest BCUT2D eigenvalue weighted by Gasteiger charge is 2.28. The maximum atomic E-state index is 6.71. The molecule has 9 heteroatoms. The van der Waals surface area contributed by atoms with Crippen LogP contribution in [0.3, 0.4) is 0 Å². The first-order chi connectivity index (χ1) is 17.6. The molecule has 0 spiro atoms. The molecule has 180 valence electrons. The van der Waals surface area contributed by atoms with Gasteiger partial charge in [0.15, 0.2) is 5.82 Å². The number of aromatic nitrogens is 7. The SMILES string of the molecule is COc1nc(-c2nc3n(n2)CCC[C@@H]3c2cc(-c3ccccn3)ccc2Cl)ccc1-n1cnc(C)c1. The summed E-state index contributed by atoms with van der Waals surface area (Å²) >= 11 is 6.71. The third-order valence-electron chi connectivity index (χ3n) is 6.46. The van der Waals surface area contributed by atoms with Crippen molar-refractivity contribution >= 4 is 11.6 Å². The van der Waals surface area contributed by atoms with E-state index in [9.17, 15) is 0 Å². The Kier molecular flexibility index (Phi) is 5.73. The zero-order valence-electron chi connectivity index (χ0n) is 20.0. The minimum absolute atomic E-state index is 0.0336. The first-order valence-electron chi connectivity index (χ1n) is 11.8. The van der Waals surface area contributed by atoms with Gasteiger partial charge in [-0.1, -0.05) is 23.7 Å². The maximum absolute atomic E-state index is 6.71. The first kappa shape index (κ1) is 22.4. The van der Waals surface area contributed by atoms with Gasteiger partial charge in [-0.05, 0) is 61.7 Å². The molecule has 0 saturated carbocycles. The average molecular weight is 498 g/mol. The lowest BCUT2D eigenvalue weighted by Crippen LogP contribution is -2.18. The predicted octanol–water partition coefficient (Wildman–Crippen LogP) is 5.48. The number of fused-ring (bicyclic) bond motifs is 1. The van der Waals surface area contributed by atoms with Gasteiger partial charge in [0.25, 0.3) is 0 Å². The zero-order chi connectivity index (χ0) is 24.6. The number of ether oxygens (including phenoxy) is 1. The average Bonchev–Trinajstić information content (AvgIpc) is 3.55. The van der Waals surface area contributed by atoms with Gasteiger partial charge in [0.1, 0.15) is 17.2 Å². The fraction of sp³-hybridized carbons (Fsp3) is 0.222. The van der Waals surface area contributed by atoms with Crippen molar-refractivity contribution in [2.75, 3.05) is 7.11 Å². The summed E-state index contributed by atoms with van der Waals surface area (Å²) in [5.74, 6) is 1.98. The molecule has 1 aromatic carbocycles. The molecule has 4 aromatic heterocycles. The van der Waals surface area contributed by atoms with E-state index in [1.165, 1.54) is 0 Å². The molecule has 8 nitrogen and oxygen atoms in total. The second-order valence-electron chi connectivity index (χ2n) is 8.81. The Labute approximate surface area is 213 Å². The van der Waals surface area contributed by atoms with Gasteiger partial charge in [-0.25, -0.2) is 19.6 Å². The Bertz CT molecular complexity index is 1540. The van der Waals surface area contributed by atoms with Crippen molar-refractivity contribution in [1.29, 1.82) is 0 Å². The van der Waals surface area contributed by atoms with Gasteiger partial charge in [-0.15, -0.1) is 5.10 Å². The van der Waals surface area contributed by atoms with Crippen molar-refractivity contribution in [3.63, 3.8) is 0 Å². The van der Waals surface area contributed by atoms with Crippen LogP contribution >= 0.6 is 11.6 Å². The molecule has 5 aromatic rings. The number of imidazole rings is 1. The Hall–Kier alpha value is -4.04. The number of halogens is 1. The van der Waals surface area contributed by atoms with E-state index in [-0.39, 0.29) is 5.92 Å². The minimum Gasteiger partial charge on any atom is -0.479 e. The van der Waals surface area contributed by atoms with Crippen LogP contribution in [0.15, 0.2) is 67.3 Å². The van der Waals surface area contributed by atoms with Gasteiger partial charge in [-0.2, -0.15) is 0 Å². The fourth-order valence-corrected chi connectivity index (χ4v) is 4.96. The standard InChI is InChI=1S/C27H24ClN7O/c1-17-15-34(16-30-17)24-11-10-23(31-27(24)36-2)25-32-26-19(6-5-13-35(26)33-25)20-14-18(8-9-21(20)28)22-7-3-4-12-29-22/h3-4,7-12,14-16,19H,5-6,13H2,1-2H3/t19-/m1/s1. The van der Waals surface area contributed by atoms with Crippen molar-refractivity contribution in [1.82, 2.24) is 34.3 Å². The number of hydrogen-bond acceptors (Lipinski definition) is 6. The van der Waals surface area contributed by atoms with Crippen molar-refractivity contribution in [2.45, 2.75) is 32.2 Å². The Morgan fingerprint density at radius 3 is 2.72 bits per heavy atom. The molecular weight excluding hydrogens is 474 g/mol. The summed E-state index contributed by atoms with van der Waals surface area (Å²) in [6.07, 6.45) is 7.41. The molecule has 1 aliphatic rings. The molecular formula is C27H24ClN7O. The molecule has 0 saturated heterocycles. The summed E-state index contributed by atoms with van der Waals surface area (Å²) in [6, 6.07) is 15.8. The molecule has 0 fully saturated rings. The van der Waals surface area contributed by atoms with Crippen LogP contribution in [-0.4, -0.2) is 41.4 Å². The molecule has 1 atom stereocenters. The van der Waals surface area contributed by atoms with Crippen LogP contribution in [-0.2, 0) is 6.54 Å². The quantitative estimate of drug-likeness (QED) is 0.319. The number of methoxy groups -OCH3 is 1.